The van der Waals surface area contributed by atoms with Gasteiger partial charge in [-0.25, -0.2) is 0 Å². The minimum Gasteiger partial charge on any atom is -0.383 e. The van der Waals surface area contributed by atoms with E-state index in [1.54, 1.807) is 12.1 Å². The van der Waals surface area contributed by atoms with Gasteiger partial charge in [-0.15, -0.1) is 0 Å². The monoisotopic (exact) mass is 326 g/mol. The summed E-state index contributed by atoms with van der Waals surface area (Å²) >= 11 is 12.3. The average molecular weight is 327 g/mol. The third-order valence-electron chi connectivity index (χ3n) is 3.31. The summed E-state index contributed by atoms with van der Waals surface area (Å²) in [5, 5.41) is 3.88. The molecule has 0 spiro atoms. The third kappa shape index (κ3) is 3.06. The highest BCUT2D eigenvalue weighted by Crippen LogP contribution is 2.43. The molecule has 0 bridgehead atoms. The number of benzene rings is 1. The normalized spacial score (nSPS) is 18.9. The van der Waals surface area contributed by atoms with E-state index < -0.39 is 17.5 Å². The van der Waals surface area contributed by atoms with Crippen LogP contribution in [0.25, 0.3) is 0 Å². The number of nitrogens with zero attached hydrogens (tertiary/aromatic N) is 1. The topological polar surface area (TPSA) is 49.4 Å². The lowest BCUT2D eigenvalue weighted by molar-refractivity contribution is -0.135. The van der Waals surface area contributed by atoms with Gasteiger partial charge < -0.3 is 10.2 Å². The van der Waals surface area contributed by atoms with Crippen LogP contribution in [0, 0.1) is 0 Å². The second-order valence-electron chi connectivity index (χ2n) is 5.20. The number of anilines is 1. The zero-order valence-corrected chi connectivity index (χ0v) is 13.5. The van der Waals surface area contributed by atoms with E-state index in [0.717, 1.165) is 11.3 Å². The van der Waals surface area contributed by atoms with Crippen LogP contribution in [-0.2, 0) is 9.59 Å². The van der Waals surface area contributed by atoms with Crippen molar-refractivity contribution < 1.29 is 9.59 Å². The van der Waals surface area contributed by atoms with Gasteiger partial charge in [0.2, 0.25) is 5.78 Å². The summed E-state index contributed by atoms with van der Waals surface area (Å²) < 4.78 is 0. The SMILES string of the molecule is CC(=O)C(=O)C1/C(=C\N(C)C)CNc2ccc(Cl)c(Cl)c21. The van der Waals surface area contributed by atoms with Crippen molar-refractivity contribution in [1.82, 2.24) is 4.90 Å². The number of carbonyl (C=O) groups is 2. The van der Waals surface area contributed by atoms with E-state index in [9.17, 15) is 9.59 Å². The molecule has 4 nitrogen and oxygen atoms in total. The lowest BCUT2D eigenvalue weighted by atomic mass is 9.82. The van der Waals surface area contributed by atoms with E-state index in [1.165, 1.54) is 6.92 Å². The Labute approximate surface area is 133 Å². The summed E-state index contributed by atoms with van der Waals surface area (Å²) in [6, 6.07) is 3.45. The molecule has 0 amide bonds. The fraction of sp³-hybridized carbons (Fsp3) is 0.333. The van der Waals surface area contributed by atoms with E-state index >= 15 is 0 Å². The summed E-state index contributed by atoms with van der Waals surface area (Å²) in [5.41, 5.74) is 2.10. The predicted molar refractivity (Wildman–Crippen MR) is 85.2 cm³/mol. The zero-order chi connectivity index (χ0) is 15.7. The lowest BCUT2D eigenvalue weighted by Gasteiger charge is -2.30. The number of hydrogen-bond acceptors (Lipinski definition) is 4. The van der Waals surface area contributed by atoms with Gasteiger partial charge in [0, 0.05) is 45.0 Å². The van der Waals surface area contributed by atoms with Crippen LogP contribution in [0.1, 0.15) is 18.4 Å². The number of halogens is 2. The number of carbonyl (C=O) groups excluding carboxylic acids is 2. The zero-order valence-electron chi connectivity index (χ0n) is 12.0. The van der Waals surface area contributed by atoms with E-state index in [4.69, 9.17) is 23.2 Å². The number of hydrogen-bond donors (Lipinski definition) is 1. The quantitative estimate of drug-likeness (QED) is 0.867. The molecule has 6 heteroatoms. The number of ketones is 2. The van der Waals surface area contributed by atoms with Crippen LogP contribution in [-0.4, -0.2) is 37.1 Å². The Hall–Kier alpha value is -1.52. The highest BCUT2D eigenvalue weighted by Gasteiger charge is 2.35. The molecule has 0 fully saturated rings. The first-order valence-electron chi connectivity index (χ1n) is 6.46. The van der Waals surface area contributed by atoms with Crippen LogP contribution in [0.15, 0.2) is 23.9 Å². The minimum atomic E-state index is -0.688. The number of nitrogens with one attached hydrogen (secondary N) is 1. The van der Waals surface area contributed by atoms with Crippen molar-refractivity contribution in [2.45, 2.75) is 12.8 Å². The molecule has 1 aliphatic rings. The molecule has 112 valence electrons. The Morgan fingerprint density at radius 3 is 2.57 bits per heavy atom. The van der Waals surface area contributed by atoms with E-state index in [0.29, 0.717) is 22.2 Å². The van der Waals surface area contributed by atoms with Crippen molar-refractivity contribution >= 4 is 40.5 Å². The highest BCUT2D eigenvalue weighted by atomic mass is 35.5. The molecular formula is C15H16Cl2N2O2. The molecule has 1 aliphatic heterocycles. The summed E-state index contributed by atoms with van der Waals surface area (Å²) in [6.07, 6.45) is 1.83. The van der Waals surface area contributed by atoms with Gasteiger partial charge in [0.25, 0.3) is 0 Å². The Morgan fingerprint density at radius 2 is 2.00 bits per heavy atom. The molecule has 1 N–H and O–H groups in total. The van der Waals surface area contributed by atoms with Gasteiger partial charge in [0.1, 0.15) is 0 Å². The van der Waals surface area contributed by atoms with Gasteiger partial charge in [-0.2, -0.15) is 0 Å². The van der Waals surface area contributed by atoms with Crippen LogP contribution in [0.5, 0.6) is 0 Å². The average Bonchev–Trinajstić information content (AvgIpc) is 2.41. The molecular weight excluding hydrogens is 311 g/mol. The van der Waals surface area contributed by atoms with Crippen molar-refractivity contribution in [2.75, 3.05) is 26.0 Å². The van der Waals surface area contributed by atoms with Crippen molar-refractivity contribution in [1.29, 1.82) is 0 Å². The van der Waals surface area contributed by atoms with Crippen LogP contribution < -0.4 is 5.32 Å². The van der Waals surface area contributed by atoms with Gasteiger partial charge in [-0.3, -0.25) is 9.59 Å². The molecule has 0 saturated heterocycles. The highest BCUT2D eigenvalue weighted by molar-refractivity contribution is 6.44. The van der Waals surface area contributed by atoms with E-state index in [2.05, 4.69) is 5.32 Å². The second kappa shape index (κ2) is 6.08. The maximum absolute atomic E-state index is 12.4. The standard InChI is InChI=1S/C15H16Cl2N2O2/c1-8(20)15(21)12-9(7-19(2)3)6-18-11-5-4-10(16)14(17)13(11)12/h4-5,7,12,18H,6H2,1-3H3/b9-7-. The van der Waals surface area contributed by atoms with E-state index in [-0.39, 0.29) is 0 Å². The van der Waals surface area contributed by atoms with Gasteiger partial charge in [0.15, 0.2) is 5.78 Å². The Kier molecular flexibility index (Phi) is 4.59. The maximum Gasteiger partial charge on any atom is 0.209 e. The summed E-state index contributed by atoms with van der Waals surface area (Å²) in [4.78, 5) is 25.8. The first-order valence-corrected chi connectivity index (χ1v) is 7.22. The second-order valence-corrected chi connectivity index (χ2v) is 5.98. The maximum atomic E-state index is 12.4. The molecule has 2 rings (SSSR count). The largest absolute Gasteiger partial charge is 0.383 e. The molecule has 21 heavy (non-hydrogen) atoms. The Morgan fingerprint density at radius 1 is 1.33 bits per heavy atom. The predicted octanol–water partition coefficient (Wildman–Crippen LogP) is 3.11. The van der Waals surface area contributed by atoms with E-state index in [1.807, 2.05) is 25.2 Å². The van der Waals surface area contributed by atoms with Crippen LogP contribution in [0.2, 0.25) is 10.0 Å². The number of fused-ring (bicyclic) bond motifs is 1. The van der Waals surface area contributed by atoms with Crippen LogP contribution in [0.3, 0.4) is 0 Å². The van der Waals surface area contributed by atoms with Crippen LogP contribution in [0.4, 0.5) is 5.69 Å². The fourth-order valence-corrected chi connectivity index (χ4v) is 2.88. The Bertz CT molecular complexity index is 639. The lowest BCUT2D eigenvalue weighted by Crippen LogP contribution is -2.30. The fourth-order valence-electron chi connectivity index (χ4n) is 2.44. The van der Waals surface area contributed by atoms with Gasteiger partial charge in [0.05, 0.1) is 16.0 Å². The molecule has 0 saturated carbocycles. The van der Waals surface area contributed by atoms with Gasteiger partial charge in [-0.05, 0) is 17.7 Å². The molecule has 0 aromatic heterocycles. The number of rotatable bonds is 3. The molecule has 1 heterocycles. The molecule has 0 aliphatic carbocycles. The first kappa shape index (κ1) is 15.9. The summed E-state index contributed by atoms with van der Waals surface area (Å²) in [6.45, 7) is 1.75. The molecule has 1 aromatic rings. The van der Waals surface area contributed by atoms with Crippen molar-refractivity contribution in [3.8, 4) is 0 Å². The van der Waals surface area contributed by atoms with Crippen molar-refractivity contribution in [3.05, 3.63) is 39.5 Å². The molecule has 1 unspecified atom stereocenters. The van der Waals surface area contributed by atoms with Crippen molar-refractivity contribution in [3.63, 3.8) is 0 Å². The third-order valence-corrected chi connectivity index (χ3v) is 4.13. The molecule has 1 atom stereocenters. The summed E-state index contributed by atoms with van der Waals surface area (Å²) in [7, 11) is 3.72. The van der Waals surface area contributed by atoms with Crippen molar-refractivity contribution in [2.24, 2.45) is 0 Å². The number of Topliss-reactive ketones (excluding diaryl/α,β-unsaturated/α-hetero) is 2. The molecule has 1 aromatic carbocycles. The van der Waals surface area contributed by atoms with Gasteiger partial charge >= 0.3 is 0 Å². The smallest absolute Gasteiger partial charge is 0.209 e. The summed E-state index contributed by atoms with van der Waals surface area (Å²) in [5.74, 6) is -1.66. The minimum absolute atomic E-state index is 0.311. The first-order chi connectivity index (χ1) is 9.82. The molecule has 0 radical (unpaired) electrons. The van der Waals surface area contributed by atoms with Crippen LogP contribution >= 0.6 is 23.2 Å². The van der Waals surface area contributed by atoms with Gasteiger partial charge in [-0.1, -0.05) is 23.2 Å². The Balaban J connectivity index is 2.65.